The van der Waals surface area contributed by atoms with Gasteiger partial charge in [0.15, 0.2) is 0 Å². The van der Waals surface area contributed by atoms with E-state index in [0.29, 0.717) is 29.6 Å². The third-order valence-electron chi connectivity index (χ3n) is 11.6. The van der Waals surface area contributed by atoms with Crippen LogP contribution in [-0.4, -0.2) is 36.3 Å². The van der Waals surface area contributed by atoms with E-state index in [1.807, 2.05) is 25.2 Å². The second-order valence-corrected chi connectivity index (χ2v) is 13.1. The summed E-state index contributed by atoms with van der Waals surface area (Å²) in [5, 5.41) is 14.6. The number of hydrogen-bond acceptors (Lipinski definition) is 5. The molecule has 0 radical (unpaired) electrons. The van der Waals surface area contributed by atoms with Crippen LogP contribution in [0.1, 0.15) is 97.1 Å². The molecule has 2 N–H and O–H groups in total. The van der Waals surface area contributed by atoms with Crippen molar-refractivity contribution in [2.75, 3.05) is 14.2 Å². The average molecular weight is 513 g/mol. The van der Waals surface area contributed by atoms with Crippen molar-refractivity contribution in [3.8, 4) is 0 Å². The van der Waals surface area contributed by atoms with Gasteiger partial charge in [0.1, 0.15) is 0 Å². The Morgan fingerprint density at radius 1 is 1.16 bits per heavy atom. The third-order valence-corrected chi connectivity index (χ3v) is 11.6. The summed E-state index contributed by atoms with van der Waals surface area (Å²) in [6.45, 7) is 8.13. The van der Waals surface area contributed by atoms with Crippen LogP contribution in [0.25, 0.3) is 0 Å². The minimum atomic E-state index is -0.177. The van der Waals surface area contributed by atoms with Crippen LogP contribution in [0.5, 0.6) is 0 Å². The Labute approximate surface area is 225 Å². The number of rotatable bonds is 6. The van der Waals surface area contributed by atoms with E-state index in [4.69, 9.17) is 4.74 Å². The van der Waals surface area contributed by atoms with E-state index >= 15 is 0 Å². The lowest BCUT2D eigenvalue weighted by atomic mass is 9.44. The van der Waals surface area contributed by atoms with Crippen LogP contribution in [-0.2, 0) is 16.1 Å². The van der Waals surface area contributed by atoms with Gasteiger partial charge in [0.2, 0.25) is 0 Å². The Morgan fingerprint density at radius 3 is 2.68 bits per heavy atom. The highest BCUT2D eigenvalue weighted by Crippen LogP contribution is 2.68. The predicted octanol–water partition coefficient (Wildman–Crippen LogP) is 6.40. The zero-order valence-electron chi connectivity index (χ0n) is 24.0. The van der Waals surface area contributed by atoms with E-state index < -0.39 is 0 Å². The fourth-order valence-electron chi connectivity index (χ4n) is 9.55. The Bertz CT molecular complexity index is 878. The molecule has 4 fully saturated rings. The number of nitrogens with zero attached hydrogens (tertiary/aromatic N) is 1. The fraction of sp³-hybridized carbons (Fsp3) is 0.812. The summed E-state index contributed by atoms with van der Waals surface area (Å²) in [4.78, 5) is 15.7. The summed E-state index contributed by atoms with van der Waals surface area (Å²) >= 11 is 0. The number of nitrogens with one attached hydrogen (secondary N) is 1. The number of fused-ring (bicyclic) bond motifs is 5. The van der Waals surface area contributed by atoms with Crippen molar-refractivity contribution in [2.24, 2.45) is 46.3 Å². The Morgan fingerprint density at radius 2 is 1.97 bits per heavy atom. The molecular formula is C32H52N2O3. The van der Waals surface area contributed by atoms with Crippen LogP contribution in [0.3, 0.4) is 0 Å². The van der Waals surface area contributed by atoms with E-state index in [2.05, 4.69) is 31.1 Å². The topological polar surface area (TPSA) is 71.5 Å². The van der Waals surface area contributed by atoms with Crippen LogP contribution < -0.4 is 5.32 Å². The van der Waals surface area contributed by atoms with Gasteiger partial charge in [0, 0.05) is 19.2 Å². The number of aromatic nitrogens is 1. The minimum absolute atomic E-state index is 0.0363. The van der Waals surface area contributed by atoms with Crippen molar-refractivity contribution in [2.45, 2.75) is 104 Å². The summed E-state index contributed by atoms with van der Waals surface area (Å²) in [6.07, 6.45) is 15.0. The molecule has 4 aliphatic rings. The van der Waals surface area contributed by atoms with E-state index in [1.54, 1.807) is 6.20 Å². The van der Waals surface area contributed by atoms with Gasteiger partial charge >= 0.3 is 5.97 Å². The van der Waals surface area contributed by atoms with Gasteiger partial charge < -0.3 is 15.2 Å². The SMILES string of the molecule is CNCc1ccccn1.COC(=O)CCC(C)C1CCC2C3CCC4CCCCC4(C)C3C[C@H](O)C12C. The van der Waals surface area contributed by atoms with Gasteiger partial charge in [-0.25, -0.2) is 0 Å². The van der Waals surface area contributed by atoms with Crippen molar-refractivity contribution < 1.29 is 14.6 Å². The first-order valence-corrected chi connectivity index (χ1v) is 15.0. The zero-order valence-corrected chi connectivity index (χ0v) is 24.0. The molecule has 5 nitrogen and oxygen atoms in total. The van der Waals surface area contributed by atoms with Crippen LogP contribution in [0.4, 0.5) is 0 Å². The molecule has 8 unspecified atom stereocenters. The quantitative estimate of drug-likeness (QED) is 0.432. The number of aliphatic hydroxyl groups excluding tert-OH is 1. The third kappa shape index (κ3) is 5.64. The summed E-state index contributed by atoms with van der Waals surface area (Å²) in [7, 11) is 3.39. The second-order valence-electron chi connectivity index (χ2n) is 13.1. The Balaban J connectivity index is 0.000000301. The lowest BCUT2D eigenvalue weighted by molar-refractivity contribution is -0.168. The predicted molar refractivity (Wildman–Crippen MR) is 149 cm³/mol. The number of carbonyl (C=O) groups is 1. The normalized spacial score (nSPS) is 39.3. The average Bonchev–Trinajstić information content (AvgIpc) is 3.27. The van der Waals surface area contributed by atoms with Crippen LogP contribution in [0.2, 0.25) is 0 Å². The van der Waals surface area contributed by atoms with Crippen molar-refractivity contribution in [3.05, 3.63) is 30.1 Å². The molecule has 9 atom stereocenters. The summed E-state index contributed by atoms with van der Waals surface area (Å²) in [6, 6.07) is 5.90. The molecule has 0 spiro atoms. The van der Waals surface area contributed by atoms with Gasteiger partial charge in [-0.2, -0.15) is 0 Å². The van der Waals surface area contributed by atoms with Crippen molar-refractivity contribution >= 4 is 5.97 Å². The smallest absolute Gasteiger partial charge is 0.305 e. The zero-order chi connectivity index (χ0) is 26.6. The largest absolute Gasteiger partial charge is 0.469 e. The first-order chi connectivity index (χ1) is 17.8. The fourth-order valence-corrected chi connectivity index (χ4v) is 9.55. The van der Waals surface area contributed by atoms with Gasteiger partial charge in [-0.1, -0.05) is 39.7 Å². The second kappa shape index (κ2) is 12.2. The van der Waals surface area contributed by atoms with Crippen LogP contribution in [0, 0.1) is 46.3 Å². The molecule has 1 aromatic rings. The molecule has 1 heterocycles. The molecular weight excluding hydrogens is 460 g/mol. The van der Waals surface area contributed by atoms with Gasteiger partial charge in [-0.3, -0.25) is 9.78 Å². The standard InChI is InChI=1S/C25H42O3.C7H10N2/c1-16(8-13-23(27)28-4)19-11-12-20-18-10-9-17-7-5-6-14-24(17,2)21(18)15-22(26)25(19,20)3;1-8-6-7-4-2-3-5-9-7/h16-22,26H,5-15H2,1-4H3;2-5,8H,6H2,1H3/t16?,17?,18?,19?,20?,21?,22-,24?,25?;/m0./s1. The molecule has 5 heteroatoms. The molecule has 4 saturated carbocycles. The Hall–Kier alpha value is -1.46. The minimum Gasteiger partial charge on any atom is -0.469 e. The van der Waals surface area contributed by atoms with Crippen molar-refractivity contribution in [3.63, 3.8) is 0 Å². The number of esters is 1. The molecule has 37 heavy (non-hydrogen) atoms. The number of pyridine rings is 1. The van der Waals surface area contributed by atoms with Gasteiger partial charge in [-0.15, -0.1) is 0 Å². The maximum Gasteiger partial charge on any atom is 0.305 e. The highest BCUT2D eigenvalue weighted by molar-refractivity contribution is 5.69. The molecule has 1 aromatic heterocycles. The van der Waals surface area contributed by atoms with Crippen molar-refractivity contribution in [1.29, 1.82) is 0 Å². The molecule has 5 rings (SSSR count). The van der Waals surface area contributed by atoms with E-state index in [9.17, 15) is 9.90 Å². The number of ether oxygens (including phenoxy) is 1. The first kappa shape index (κ1) is 28.5. The molecule has 0 aromatic carbocycles. The summed E-state index contributed by atoms with van der Waals surface area (Å²) in [5.74, 6) is 4.02. The maximum absolute atomic E-state index is 11.6. The highest BCUT2D eigenvalue weighted by atomic mass is 16.5. The molecule has 0 saturated heterocycles. The lowest BCUT2D eigenvalue weighted by Gasteiger charge is -2.62. The van der Waals surface area contributed by atoms with Gasteiger partial charge in [-0.05, 0) is 117 Å². The van der Waals surface area contributed by atoms with E-state index in [1.165, 1.54) is 58.5 Å². The van der Waals surface area contributed by atoms with Crippen LogP contribution >= 0.6 is 0 Å². The first-order valence-electron chi connectivity index (χ1n) is 15.0. The monoisotopic (exact) mass is 512 g/mol. The van der Waals surface area contributed by atoms with Gasteiger partial charge in [0.25, 0.3) is 0 Å². The maximum atomic E-state index is 11.6. The highest BCUT2D eigenvalue weighted by Gasteiger charge is 2.63. The summed E-state index contributed by atoms with van der Waals surface area (Å²) in [5.41, 5.74) is 1.59. The number of carbonyl (C=O) groups excluding carboxylic acids is 1. The van der Waals surface area contributed by atoms with E-state index in [-0.39, 0.29) is 17.5 Å². The van der Waals surface area contributed by atoms with Crippen molar-refractivity contribution in [1.82, 2.24) is 10.3 Å². The van der Waals surface area contributed by atoms with Crippen LogP contribution in [0.15, 0.2) is 24.4 Å². The van der Waals surface area contributed by atoms with E-state index in [0.717, 1.165) is 42.8 Å². The summed E-state index contributed by atoms with van der Waals surface area (Å²) < 4.78 is 4.86. The number of hydrogen-bond donors (Lipinski definition) is 2. The Kier molecular flexibility index (Phi) is 9.38. The molecule has 208 valence electrons. The number of aliphatic hydroxyl groups is 1. The molecule has 0 bridgehead atoms. The number of methoxy groups -OCH3 is 1. The van der Waals surface area contributed by atoms with Gasteiger partial charge in [0.05, 0.1) is 18.9 Å². The molecule has 4 aliphatic carbocycles. The molecule has 0 aliphatic heterocycles. The lowest BCUT2D eigenvalue weighted by Crippen LogP contribution is -2.58. The molecule has 0 amide bonds.